The molecule has 1 heterocycles. The third-order valence-electron chi connectivity index (χ3n) is 5.26. The van der Waals surface area contributed by atoms with Crippen molar-refractivity contribution in [2.45, 2.75) is 31.7 Å². The molecule has 4 rings (SSSR count). The van der Waals surface area contributed by atoms with E-state index in [1.807, 2.05) is 60.4 Å². The first kappa shape index (κ1) is 21.9. The molecule has 32 heavy (non-hydrogen) atoms. The SMILES string of the molecule is CCCNC(=O)c1ccc(/C=C2/Sc3ccccc3N(Cc3cccc(C)c3)C2=O)cc1. The summed E-state index contributed by atoms with van der Waals surface area (Å²) in [6.45, 7) is 5.26. The van der Waals surface area contributed by atoms with Gasteiger partial charge in [0.05, 0.1) is 17.1 Å². The number of benzene rings is 3. The summed E-state index contributed by atoms with van der Waals surface area (Å²) in [4.78, 5) is 29.2. The minimum atomic E-state index is -0.0765. The van der Waals surface area contributed by atoms with Crippen molar-refractivity contribution >= 4 is 35.3 Å². The van der Waals surface area contributed by atoms with Crippen LogP contribution in [-0.2, 0) is 11.3 Å². The Morgan fingerprint density at radius 3 is 2.56 bits per heavy atom. The number of para-hydroxylation sites is 1. The van der Waals surface area contributed by atoms with E-state index in [1.54, 1.807) is 12.1 Å². The summed E-state index contributed by atoms with van der Waals surface area (Å²) in [5, 5.41) is 2.88. The van der Waals surface area contributed by atoms with Gasteiger partial charge in [0.2, 0.25) is 0 Å². The number of carbonyl (C=O) groups excluding carboxylic acids is 2. The summed E-state index contributed by atoms with van der Waals surface area (Å²) in [5.41, 5.74) is 4.72. The van der Waals surface area contributed by atoms with E-state index in [0.29, 0.717) is 23.6 Å². The summed E-state index contributed by atoms with van der Waals surface area (Å²) in [6, 6.07) is 23.6. The van der Waals surface area contributed by atoms with Crippen LogP contribution in [0.1, 0.15) is 40.4 Å². The van der Waals surface area contributed by atoms with Gasteiger partial charge in [-0.05, 0) is 54.8 Å². The summed E-state index contributed by atoms with van der Waals surface area (Å²) in [6.07, 6.45) is 2.80. The molecule has 3 aromatic carbocycles. The van der Waals surface area contributed by atoms with Crippen molar-refractivity contribution in [1.82, 2.24) is 5.32 Å². The summed E-state index contributed by atoms with van der Waals surface area (Å²) >= 11 is 1.49. The molecule has 0 saturated heterocycles. The van der Waals surface area contributed by atoms with Gasteiger partial charge >= 0.3 is 0 Å². The van der Waals surface area contributed by atoms with Gasteiger partial charge in [0, 0.05) is 17.0 Å². The van der Waals surface area contributed by atoms with E-state index in [2.05, 4.69) is 30.4 Å². The van der Waals surface area contributed by atoms with Crippen molar-refractivity contribution in [2.75, 3.05) is 11.4 Å². The molecule has 0 aromatic heterocycles. The van der Waals surface area contributed by atoms with Crippen LogP contribution in [0.4, 0.5) is 5.69 Å². The lowest BCUT2D eigenvalue weighted by Gasteiger charge is -2.30. The van der Waals surface area contributed by atoms with Crippen LogP contribution < -0.4 is 10.2 Å². The predicted octanol–water partition coefficient (Wildman–Crippen LogP) is 5.81. The Morgan fingerprint density at radius 1 is 1.03 bits per heavy atom. The maximum Gasteiger partial charge on any atom is 0.265 e. The van der Waals surface area contributed by atoms with Crippen LogP contribution in [-0.4, -0.2) is 18.4 Å². The summed E-state index contributed by atoms with van der Waals surface area (Å²) < 4.78 is 0. The lowest BCUT2D eigenvalue weighted by atomic mass is 10.1. The second-order valence-corrected chi connectivity index (χ2v) is 8.92. The number of rotatable bonds is 6. The Morgan fingerprint density at radius 2 is 1.81 bits per heavy atom. The number of fused-ring (bicyclic) bond motifs is 1. The van der Waals surface area contributed by atoms with Crippen molar-refractivity contribution in [3.63, 3.8) is 0 Å². The van der Waals surface area contributed by atoms with Crippen LogP contribution >= 0.6 is 11.8 Å². The zero-order valence-electron chi connectivity index (χ0n) is 18.3. The van der Waals surface area contributed by atoms with Crippen LogP contribution in [0.3, 0.4) is 0 Å². The molecule has 0 fully saturated rings. The average Bonchev–Trinajstić information content (AvgIpc) is 2.80. The minimum Gasteiger partial charge on any atom is -0.352 e. The molecule has 0 spiro atoms. The van der Waals surface area contributed by atoms with Crippen LogP contribution in [0.25, 0.3) is 6.08 Å². The number of amides is 2. The van der Waals surface area contributed by atoms with Crippen LogP contribution in [0, 0.1) is 6.92 Å². The highest BCUT2D eigenvalue weighted by Crippen LogP contribution is 2.42. The van der Waals surface area contributed by atoms with E-state index >= 15 is 0 Å². The Kier molecular flexibility index (Phi) is 6.76. The van der Waals surface area contributed by atoms with Crippen LogP contribution in [0.15, 0.2) is 82.6 Å². The first-order valence-corrected chi connectivity index (χ1v) is 11.6. The average molecular weight is 443 g/mol. The van der Waals surface area contributed by atoms with Gasteiger partial charge in [0.25, 0.3) is 11.8 Å². The Labute approximate surface area is 193 Å². The zero-order chi connectivity index (χ0) is 22.5. The minimum absolute atomic E-state index is 0.0139. The molecule has 4 nitrogen and oxygen atoms in total. The van der Waals surface area contributed by atoms with Crippen molar-refractivity contribution in [3.05, 3.63) is 100.0 Å². The van der Waals surface area contributed by atoms with Crippen LogP contribution in [0.5, 0.6) is 0 Å². The van der Waals surface area contributed by atoms with E-state index < -0.39 is 0 Å². The molecule has 0 saturated carbocycles. The Hall–Kier alpha value is -3.31. The number of thioether (sulfide) groups is 1. The fraction of sp³-hybridized carbons (Fsp3) is 0.185. The van der Waals surface area contributed by atoms with Crippen molar-refractivity contribution < 1.29 is 9.59 Å². The number of nitrogens with zero attached hydrogens (tertiary/aromatic N) is 1. The third kappa shape index (κ3) is 4.94. The third-order valence-corrected chi connectivity index (χ3v) is 6.34. The largest absolute Gasteiger partial charge is 0.352 e. The molecule has 1 N–H and O–H groups in total. The highest BCUT2D eigenvalue weighted by atomic mass is 32.2. The lowest BCUT2D eigenvalue weighted by Crippen LogP contribution is -2.33. The van der Waals surface area contributed by atoms with Crippen molar-refractivity contribution in [3.8, 4) is 0 Å². The molecule has 0 aliphatic carbocycles. The molecule has 1 aliphatic heterocycles. The van der Waals surface area contributed by atoms with Gasteiger partial charge in [-0.15, -0.1) is 0 Å². The molecule has 162 valence electrons. The fourth-order valence-electron chi connectivity index (χ4n) is 3.63. The standard InChI is InChI=1S/C27H26N2O2S/c1-3-15-28-26(30)22-13-11-20(12-14-22)17-25-27(31)29(18-21-8-6-7-19(2)16-21)23-9-4-5-10-24(23)32-25/h4-14,16-17H,3,15,18H2,1-2H3,(H,28,30)/b25-17+. The van der Waals surface area contributed by atoms with E-state index in [4.69, 9.17) is 0 Å². The second kappa shape index (κ2) is 9.88. The van der Waals surface area contributed by atoms with Gasteiger partial charge < -0.3 is 10.2 Å². The van der Waals surface area contributed by atoms with Crippen molar-refractivity contribution in [2.24, 2.45) is 0 Å². The monoisotopic (exact) mass is 442 g/mol. The van der Waals surface area contributed by atoms with E-state index in [-0.39, 0.29) is 11.8 Å². The molecule has 5 heteroatoms. The maximum absolute atomic E-state index is 13.4. The molecule has 0 radical (unpaired) electrons. The Balaban J connectivity index is 1.61. The highest BCUT2D eigenvalue weighted by Gasteiger charge is 2.29. The molecule has 0 atom stereocenters. The van der Waals surface area contributed by atoms with Crippen molar-refractivity contribution in [1.29, 1.82) is 0 Å². The molecular weight excluding hydrogens is 416 g/mol. The van der Waals surface area contributed by atoms with E-state index in [9.17, 15) is 9.59 Å². The second-order valence-electron chi connectivity index (χ2n) is 7.84. The van der Waals surface area contributed by atoms with E-state index in [0.717, 1.165) is 28.1 Å². The van der Waals surface area contributed by atoms with Gasteiger partial charge in [0.1, 0.15) is 0 Å². The molecular formula is C27H26N2O2S. The van der Waals surface area contributed by atoms with Gasteiger partial charge in [-0.2, -0.15) is 0 Å². The fourth-order valence-corrected chi connectivity index (χ4v) is 4.69. The lowest BCUT2D eigenvalue weighted by molar-refractivity contribution is -0.114. The predicted molar refractivity (Wildman–Crippen MR) is 132 cm³/mol. The first-order valence-electron chi connectivity index (χ1n) is 10.8. The van der Waals surface area contributed by atoms with Gasteiger partial charge in [-0.1, -0.05) is 72.8 Å². The zero-order valence-corrected chi connectivity index (χ0v) is 19.1. The highest BCUT2D eigenvalue weighted by molar-refractivity contribution is 8.04. The number of anilines is 1. The molecule has 3 aromatic rings. The molecule has 0 bridgehead atoms. The Bertz CT molecular complexity index is 1170. The normalized spacial score (nSPS) is 14.4. The maximum atomic E-state index is 13.4. The number of carbonyl (C=O) groups is 2. The number of aryl methyl sites for hydroxylation is 1. The number of hydrogen-bond donors (Lipinski definition) is 1. The number of hydrogen-bond acceptors (Lipinski definition) is 3. The van der Waals surface area contributed by atoms with E-state index in [1.165, 1.54) is 17.3 Å². The number of nitrogens with one attached hydrogen (secondary N) is 1. The van der Waals surface area contributed by atoms with Gasteiger partial charge in [-0.25, -0.2) is 0 Å². The summed E-state index contributed by atoms with van der Waals surface area (Å²) in [5.74, 6) is -0.0904. The first-order chi connectivity index (χ1) is 15.5. The summed E-state index contributed by atoms with van der Waals surface area (Å²) in [7, 11) is 0. The molecule has 2 amide bonds. The quantitative estimate of drug-likeness (QED) is 0.490. The molecule has 0 unspecified atom stereocenters. The smallest absolute Gasteiger partial charge is 0.265 e. The van der Waals surface area contributed by atoms with Gasteiger partial charge in [-0.3, -0.25) is 9.59 Å². The molecule has 1 aliphatic rings. The van der Waals surface area contributed by atoms with Gasteiger partial charge in [0.15, 0.2) is 0 Å². The van der Waals surface area contributed by atoms with Crippen LogP contribution in [0.2, 0.25) is 0 Å². The topological polar surface area (TPSA) is 49.4 Å².